The number of carbonyl (C=O) groups excluding carboxylic acids is 1. The Kier molecular flexibility index (Phi) is 15.1. The minimum Gasteiger partial charge on any atom is -0.330 e. The number of hydrogen-bond acceptors (Lipinski definition) is 6. The van der Waals surface area contributed by atoms with Crippen molar-refractivity contribution in [3.05, 3.63) is 0 Å². The van der Waals surface area contributed by atoms with Gasteiger partial charge in [0.25, 0.3) is 0 Å². The fourth-order valence-corrected chi connectivity index (χ4v) is 1.84. The van der Waals surface area contributed by atoms with Crippen molar-refractivity contribution >= 4 is 5.91 Å². The van der Waals surface area contributed by atoms with Crippen LogP contribution < -0.4 is 27.5 Å². The average Bonchev–Trinajstić information content (AvgIpc) is 2.47. The van der Waals surface area contributed by atoms with Gasteiger partial charge in [-0.25, -0.2) is 5.43 Å². The minimum absolute atomic E-state index is 0.0630. The van der Waals surface area contributed by atoms with Gasteiger partial charge in [-0.1, -0.05) is 0 Å². The molecule has 0 radical (unpaired) electrons. The molecule has 7 heteroatoms. The van der Waals surface area contributed by atoms with E-state index in [-0.39, 0.29) is 5.91 Å². The van der Waals surface area contributed by atoms with E-state index in [1.54, 1.807) is 11.9 Å². The van der Waals surface area contributed by atoms with Crippen molar-refractivity contribution in [2.45, 2.75) is 32.6 Å². The Morgan fingerprint density at radius 2 is 1.38 bits per heavy atom. The van der Waals surface area contributed by atoms with Crippen LogP contribution in [0.2, 0.25) is 0 Å². The van der Waals surface area contributed by atoms with E-state index >= 15 is 0 Å². The number of amides is 1. The Labute approximate surface area is 129 Å². The zero-order chi connectivity index (χ0) is 15.8. The Hall–Kier alpha value is -0.730. The molecule has 0 aromatic carbocycles. The third-order valence-corrected chi connectivity index (χ3v) is 3.06. The van der Waals surface area contributed by atoms with E-state index in [1.165, 1.54) is 0 Å². The van der Waals surface area contributed by atoms with Gasteiger partial charge in [0.15, 0.2) is 0 Å². The molecule has 0 aromatic heterocycles. The van der Waals surface area contributed by atoms with E-state index in [0.29, 0.717) is 6.54 Å². The van der Waals surface area contributed by atoms with Crippen molar-refractivity contribution in [3.63, 3.8) is 0 Å². The fraction of sp³-hybridized carbons (Fsp3) is 0.929. The third-order valence-electron chi connectivity index (χ3n) is 3.06. The van der Waals surface area contributed by atoms with E-state index in [9.17, 15) is 4.79 Å². The number of carbonyl (C=O) groups is 1. The van der Waals surface area contributed by atoms with E-state index in [0.717, 1.165) is 71.5 Å². The Morgan fingerprint density at radius 3 is 1.90 bits per heavy atom. The monoisotopic (exact) mass is 302 g/mol. The number of hydrazine groups is 1. The molecule has 0 atom stereocenters. The molecule has 0 aromatic rings. The predicted octanol–water partition coefficient (Wildman–Crippen LogP) is -1.00. The molecule has 0 heterocycles. The molecule has 1 amide bonds. The first-order valence-electron chi connectivity index (χ1n) is 8.05. The molecule has 0 unspecified atom stereocenters. The molecule has 0 aliphatic rings. The zero-order valence-corrected chi connectivity index (χ0v) is 13.5. The zero-order valence-electron chi connectivity index (χ0n) is 13.5. The van der Waals surface area contributed by atoms with Crippen molar-refractivity contribution in [2.24, 2.45) is 11.5 Å². The van der Waals surface area contributed by atoms with Gasteiger partial charge in [0.1, 0.15) is 0 Å². The molecule has 7 nitrogen and oxygen atoms in total. The lowest BCUT2D eigenvalue weighted by Gasteiger charge is -2.22. The first-order chi connectivity index (χ1) is 10.2. The van der Waals surface area contributed by atoms with Crippen LogP contribution in [-0.2, 0) is 4.79 Å². The van der Waals surface area contributed by atoms with Crippen LogP contribution in [0.4, 0.5) is 0 Å². The van der Waals surface area contributed by atoms with Gasteiger partial charge >= 0.3 is 0 Å². The van der Waals surface area contributed by atoms with Crippen LogP contribution in [0.1, 0.15) is 32.6 Å². The maximum absolute atomic E-state index is 11.5. The molecule has 0 spiro atoms. The van der Waals surface area contributed by atoms with Gasteiger partial charge in [0, 0.05) is 20.0 Å². The number of hydrogen-bond donors (Lipinski definition) is 5. The molecule has 21 heavy (non-hydrogen) atoms. The average molecular weight is 302 g/mol. The molecule has 0 saturated heterocycles. The molecule has 0 aliphatic heterocycles. The maximum Gasteiger partial charge on any atom is 0.233 e. The highest BCUT2D eigenvalue weighted by Crippen LogP contribution is 1.89. The van der Waals surface area contributed by atoms with Gasteiger partial charge in [0.05, 0.1) is 0 Å². The smallest absolute Gasteiger partial charge is 0.233 e. The first kappa shape index (κ1) is 20.3. The summed E-state index contributed by atoms with van der Waals surface area (Å²) in [5, 5.41) is 8.33. The first-order valence-corrected chi connectivity index (χ1v) is 8.05. The summed E-state index contributed by atoms with van der Waals surface area (Å²) in [7, 11) is 0. The molecule has 126 valence electrons. The van der Waals surface area contributed by atoms with Crippen LogP contribution in [0.25, 0.3) is 0 Å². The van der Waals surface area contributed by atoms with E-state index in [1.807, 2.05) is 0 Å². The van der Waals surface area contributed by atoms with Crippen LogP contribution in [0, 0.1) is 0 Å². The summed E-state index contributed by atoms with van der Waals surface area (Å²) < 4.78 is 0. The maximum atomic E-state index is 11.5. The van der Waals surface area contributed by atoms with Crippen molar-refractivity contribution in [1.29, 1.82) is 0 Å². The number of nitrogens with one attached hydrogen (secondary N) is 3. The normalized spacial score (nSPS) is 10.8. The molecule has 0 fully saturated rings. The molecule has 0 aliphatic carbocycles. The SMILES string of the molecule is CC(=O)N(CCCNCCCN)NCCCNCCCN. The summed E-state index contributed by atoms with van der Waals surface area (Å²) in [6.07, 6.45) is 3.92. The van der Waals surface area contributed by atoms with Crippen molar-refractivity contribution in [1.82, 2.24) is 21.1 Å². The van der Waals surface area contributed by atoms with Crippen LogP contribution in [0.15, 0.2) is 0 Å². The molecular formula is C14H34N6O. The van der Waals surface area contributed by atoms with Crippen LogP contribution in [0.3, 0.4) is 0 Å². The highest BCUT2D eigenvalue weighted by atomic mass is 16.2. The van der Waals surface area contributed by atoms with Crippen molar-refractivity contribution in [3.8, 4) is 0 Å². The second kappa shape index (κ2) is 15.7. The second-order valence-electron chi connectivity index (χ2n) is 5.07. The van der Waals surface area contributed by atoms with Crippen molar-refractivity contribution in [2.75, 3.05) is 52.4 Å². The Morgan fingerprint density at radius 1 is 0.857 bits per heavy atom. The summed E-state index contributed by atoms with van der Waals surface area (Å²) in [6, 6.07) is 0. The molecule has 0 saturated carbocycles. The third kappa shape index (κ3) is 14.0. The molecule has 0 bridgehead atoms. The van der Waals surface area contributed by atoms with Gasteiger partial charge in [-0.2, -0.15) is 0 Å². The van der Waals surface area contributed by atoms with Crippen LogP contribution >= 0.6 is 0 Å². The molecule has 7 N–H and O–H groups in total. The number of rotatable bonds is 15. The summed E-state index contributed by atoms with van der Waals surface area (Å²) in [4.78, 5) is 11.5. The fourth-order valence-electron chi connectivity index (χ4n) is 1.84. The highest BCUT2D eigenvalue weighted by Gasteiger charge is 2.06. The van der Waals surface area contributed by atoms with E-state index in [4.69, 9.17) is 11.5 Å². The Bertz CT molecular complexity index is 240. The summed E-state index contributed by atoms with van der Waals surface area (Å²) in [6.45, 7) is 8.32. The van der Waals surface area contributed by atoms with Gasteiger partial charge in [-0.15, -0.1) is 0 Å². The van der Waals surface area contributed by atoms with E-state index < -0.39 is 0 Å². The second-order valence-corrected chi connectivity index (χ2v) is 5.07. The van der Waals surface area contributed by atoms with Gasteiger partial charge < -0.3 is 22.1 Å². The van der Waals surface area contributed by atoms with Crippen molar-refractivity contribution < 1.29 is 4.79 Å². The molecular weight excluding hydrogens is 268 g/mol. The van der Waals surface area contributed by atoms with Crippen LogP contribution in [-0.4, -0.2) is 63.3 Å². The predicted molar refractivity (Wildman–Crippen MR) is 87.7 cm³/mol. The lowest BCUT2D eigenvalue weighted by Crippen LogP contribution is -2.44. The topological polar surface area (TPSA) is 108 Å². The van der Waals surface area contributed by atoms with Gasteiger partial charge in [-0.05, 0) is 65.0 Å². The lowest BCUT2D eigenvalue weighted by molar-refractivity contribution is -0.132. The summed E-state index contributed by atoms with van der Waals surface area (Å²) in [5.41, 5.74) is 14.0. The minimum atomic E-state index is 0.0630. The van der Waals surface area contributed by atoms with E-state index in [2.05, 4.69) is 16.1 Å². The summed E-state index contributed by atoms with van der Waals surface area (Å²) >= 11 is 0. The van der Waals surface area contributed by atoms with Crippen LogP contribution in [0.5, 0.6) is 0 Å². The Balaban J connectivity index is 3.52. The number of nitrogens with two attached hydrogens (primary N) is 2. The highest BCUT2D eigenvalue weighted by molar-refractivity contribution is 5.72. The van der Waals surface area contributed by atoms with Gasteiger partial charge in [-0.3, -0.25) is 9.80 Å². The molecule has 0 rings (SSSR count). The van der Waals surface area contributed by atoms with Gasteiger partial charge in [0.2, 0.25) is 5.91 Å². The number of nitrogens with zero attached hydrogens (tertiary/aromatic N) is 1. The summed E-state index contributed by atoms with van der Waals surface area (Å²) in [5.74, 6) is 0.0630. The lowest BCUT2D eigenvalue weighted by atomic mass is 10.3. The standard InChI is InChI=1S/C14H34N6O/c1-14(21)20(13-5-11-18-9-3-7-16)19-12-4-10-17-8-2-6-15/h17-19H,2-13,15-16H2,1H3. The quantitative estimate of drug-likeness (QED) is 0.196. The largest absolute Gasteiger partial charge is 0.330 e.